The van der Waals surface area contributed by atoms with E-state index in [-0.39, 0.29) is 28.6 Å². The molecule has 1 aliphatic heterocycles. The molecule has 3 aromatic rings. The van der Waals surface area contributed by atoms with Crippen LogP contribution in [0.25, 0.3) is 17.0 Å². The molecule has 7 heteroatoms. The largest absolute Gasteiger partial charge is 0.508 e. The maximum Gasteiger partial charge on any atom is 0.235 e. The van der Waals surface area contributed by atoms with Crippen molar-refractivity contribution in [3.8, 4) is 23.0 Å². The van der Waals surface area contributed by atoms with Crippen molar-refractivity contribution >= 4 is 22.8 Å². The van der Waals surface area contributed by atoms with Gasteiger partial charge in [-0.3, -0.25) is 4.79 Å². The summed E-state index contributed by atoms with van der Waals surface area (Å²) in [7, 11) is 5.75. The first-order valence-electron chi connectivity index (χ1n) is 10.2. The maximum atomic E-state index is 12.8. The molecule has 0 bridgehead atoms. The highest BCUT2D eigenvalue weighted by Gasteiger charge is 2.31. The molecule has 1 aromatic heterocycles. The molecule has 0 amide bonds. The van der Waals surface area contributed by atoms with Gasteiger partial charge in [0, 0.05) is 41.3 Å². The van der Waals surface area contributed by atoms with Crippen molar-refractivity contribution in [3.05, 3.63) is 53.4 Å². The topological polar surface area (TPSA) is 84.2 Å². The number of phenolic OH excluding ortho intramolecular Hbond substituents is 2. The number of hydrogen-bond acceptors (Lipinski definition) is 6. The minimum Gasteiger partial charge on any atom is -0.508 e. The van der Waals surface area contributed by atoms with Crippen molar-refractivity contribution in [1.29, 1.82) is 0 Å². The lowest BCUT2D eigenvalue weighted by Gasteiger charge is -2.10. The van der Waals surface area contributed by atoms with Crippen LogP contribution in [0.4, 0.5) is 0 Å². The third-order valence-corrected chi connectivity index (χ3v) is 5.40. The summed E-state index contributed by atoms with van der Waals surface area (Å²) in [5.74, 6) is 0.103. The van der Waals surface area contributed by atoms with E-state index in [1.54, 1.807) is 13.2 Å². The van der Waals surface area contributed by atoms with E-state index in [4.69, 9.17) is 9.47 Å². The lowest BCUT2D eigenvalue weighted by atomic mass is 10.1. The SMILES string of the molecule is COc1ccc2c(c1)c(/C=C1\Oc3cc(O)cc(O)c3C1=O)cn2CCCCN(C)C. The van der Waals surface area contributed by atoms with Gasteiger partial charge in [-0.2, -0.15) is 0 Å². The Morgan fingerprint density at radius 2 is 1.97 bits per heavy atom. The van der Waals surface area contributed by atoms with E-state index in [1.165, 1.54) is 6.07 Å². The molecule has 162 valence electrons. The van der Waals surface area contributed by atoms with Crippen LogP contribution in [-0.4, -0.2) is 53.2 Å². The van der Waals surface area contributed by atoms with Crippen molar-refractivity contribution < 1.29 is 24.5 Å². The number of nitrogens with zero attached hydrogens (tertiary/aromatic N) is 2. The maximum absolute atomic E-state index is 12.8. The van der Waals surface area contributed by atoms with Crippen molar-refractivity contribution in [2.24, 2.45) is 0 Å². The number of carbonyl (C=O) groups is 1. The quantitative estimate of drug-likeness (QED) is 0.442. The van der Waals surface area contributed by atoms with Crippen LogP contribution < -0.4 is 9.47 Å². The van der Waals surface area contributed by atoms with Gasteiger partial charge >= 0.3 is 0 Å². The molecule has 2 aromatic carbocycles. The van der Waals surface area contributed by atoms with Crippen LogP contribution in [0.15, 0.2) is 42.3 Å². The Kier molecular flexibility index (Phi) is 5.61. The number of benzene rings is 2. The van der Waals surface area contributed by atoms with Crippen LogP contribution in [-0.2, 0) is 6.54 Å². The Morgan fingerprint density at radius 3 is 2.71 bits per heavy atom. The molecule has 0 spiro atoms. The van der Waals surface area contributed by atoms with E-state index in [0.717, 1.165) is 54.2 Å². The Morgan fingerprint density at radius 1 is 1.16 bits per heavy atom. The average molecular weight is 422 g/mol. The minimum absolute atomic E-state index is 0.0639. The number of ketones is 1. The van der Waals surface area contributed by atoms with Crippen LogP contribution in [0.2, 0.25) is 0 Å². The van der Waals surface area contributed by atoms with E-state index in [9.17, 15) is 15.0 Å². The number of carbonyl (C=O) groups excluding carboxylic acids is 1. The second-order valence-corrected chi connectivity index (χ2v) is 7.95. The first-order valence-corrected chi connectivity index (χ1v) is 10.2. The fourth-order valence-corrected chi connectivity index (χ4v) is 3.86. The molecular formula is C24H26N2O5. The third-order valence-electron chi connectivity index (χ3n) is 5.40. The van der Waals surface area contributed by atoms with E-state index in [2.05, 4.69) is 23.6 Å². The highest BCUT2D eigenvalue weighted by Crippen LogP contribution is 2.41. The van der Waals surface area contributed by atoms with Gasteiger partial charge in [-0.1, -0.05) is 0 Å². The standard InChI is InChI=1S/C24H26N2O5/c1-25(2)8-4-5-9-26-14-15(18-13-17(30-3)6-7-19(18)26)10-22-24(29)23-20(28)11-16(27)12-21(23)31-22/h6-7,10-14,27-28H,4-5,8-9H2,1-3H3/b22-10-. The van der Waals surface area contributed by atoms with Gasteiger partial charge in [0.15, 0.2) is 5.76 Å². The molecular weight excluding hydrogens is 396 g/mol. The van der Waals surface area contributed by atoms with Crippen molar-refractivity contribution in [2.45, 2.75) is 19.4 Å². The van der Waals surface area contributed by atoms with Gasteiger partial charge in [0.25, 0.3) is 0 Å². The van der Waals surface area contributed by atoms with Crippen LogP contribution in [0.3, 0.4) is 0 Å². The summed E-state index contributed by atoms with van der Waals surface area (Å²) in [4.78, 5) is 15.0. The molecule has 0 atom stereocenters. The number of aromatic nitrogens is 1. The number of allylic oxidation sites excluding steroid dienone is 1. The summed E-state index contributed by atoms with van der Waals surface area (Å²) < 4.78 is 13.2. The number of unbranched alkanes of at least 4 members (excludes halogenated alkanes) is 1. The van der Waals surface area contributed by atoms with E-state index in [1.807, 2.05) is 24.4 Å². The predicted octanol–water partition coefficient (Wildman–Crippen LogP) is 4.02. The molecule has 0 saturated carbocycles. The van der Waals surface area contributed by atoms with E-state index < -0.39 is 5.78 Å². The molecule has 0 fully saturated rings. The number of hydrogen-bond donors (Lipinski definition) is 2. The summed E-state index contributed by atoms with van der Waals surface area (Å²) in [6, 6.07) is 8.33. The lowest BCUT2D eigenvalue weighted by Crippen LogP contribution is -2.13. The number of Topliss-reactive ketones (excluding diaryl/α,β-unsaturated/α-hetero) is 1. The summed E-state index contributed by atoms with van der Waals surface area (Å²) >= 11 is 0. The Bertz CT molecular complexity index is 1180. The zero-order valence-corrected chi connectivity index (χ0v) is 17.9. The number of methoxy groups -OCH3 is 1. The monoisotopic (exact) mass is 422 g/mol. The number of ether oxygens (including phenoxy) is 2. The molecule has 4 rings (SSSR count). The van der Waals surface area contributed by atoms with Crippen molar-refractivity contribution in [3.63, 3.8) is 0 Å². The van der Waals surface area contributed by atoms with Crippen LogP contribution in [0.1, 0.15) is 28.8 Å². The normalized spacial score (nSPS) is 14.5. The van der Waals surface area contributed by atoms with Crippen LogP contribution >= 0.6 is 0 Å². The van der Waals surface area contributed by atoms with Gasteiger partial charge in [0.1, 0.15) is 28.6 Å². The molecule has 2 N–H and O–H groups in total. The molecule has 7 nitrogen and oxygen atoms in total. The Labute approximate surface area is 180 Å². The number of aryl methyl sites for hydroxylation is 1. The Hall–Kier alpha value is -3.45. The van der Waals surface area contributed by atoms with Gasteiger partial charge in [-0.15, -0.1) is 0 Å². The van der Waals surface area contributed by atoms with Crippen molar-refractivity contribution in [1.82, 2.24) is 9.47 Å². The summed E-state index contributed by atoms with van der Waals surface area (Å²) in [6.45, 7) is 1.88. The van der Waals surface area contributed by atoms with Crippen LogP contribution in [0, 0.1) is 0 Å². The fourth-order valence-electron chi connectivity index (χ4n) is 3.86. The molecule has 0 radical (unpaired) electrons. The first-order chi connectivity index (χ1) is 14.9. The van der Waals surface area contributed by atoms with Gasteiger partial charge in [0.2, 0.25) is 5.78 Å². The van der Waals surface area contributed by atoms with Gasteiger partial charge in [-0.05, 0) is 57.8 Å². The zero-order valence-electron chi connectivity index (χ0n) is 17.9. The lowest BCUT2D eigenvalue weighted by molar-refractivity contribution is 0.101. The first kappa shape index (κ1) is 20.8. The number of rotatable bonds is 7. The van der Waals surface area contributed by atoms with E-state index >= 15 is 0 Å². The smallest absolute Gasteiger partial charge is 0.235 e. The highest BCUT2D eigenvalue weighted by atomic mass is 16.5. The van der Waals surface area contributed by atoms with E-state index in [0.29, 0.717) is 0 Å². The predicted molar refractivity (Wildman–Crippen MR) is 119 cm³/mol. The van der Waals surface area contributed by atoms with Gasteiger partial charge < -0.3 is 29.2 Å². The zero-order chi connectivity index (χ0) is 22.1. The number of phenols is 2. The highest BCUT2D eigenvalue weighted by molar-refractivity contribution is 6.16. The average Bonchev–Trinajstić information content (AvgIpc) is 3.22. The summed E-state index contributed by atoms with van der Waals surface area (Å²) in [6.07, 6.45) is 5.79. The van der Waals surface area contributed by atoms with Gasteiger partial charge in [-0.25, -0.2) is 0 Å². The Balaban J connectivity index is 1.70. The molecule has 1 aliphatic rings. The molecule has 0 saturated heterocycles. The van der Waals surface area contributed by atoms with Crippen molar-refractivity contribution in [2.75, 3.05) is 27.7 Å². The number of fused-ring (bicyclic) bond motifs is 2. The fraction of sp³-hybridized carbons (Fsp3) is 0.292. The second kappa shape index (κ2) is 8.35. The van der Waals surface area contributed by atoms with Gasteiger partial charge in [0.05, 0.1) is 7.11 Å². The summed E-state index contributed by atoms with van der Waals surface area (Å²) in [5.41, 5.74) is 1.93. The summed E-state index contributed by atoms with van der Waals surface area (Å²) in [5, 5.41) is 20.7. The molecule has 0 aliphatic carbocycles. The minimum atomic E-state index is -0.415. The molecule has 0 unspecified atom stereocenters. The molecule has 2 heterocycles. The van der Waals surface area contributed by atoms with Crippen LogP contribution in [0.5, 0.6) is 23.0 Å². The molecule has 31 heavy (non-hydrogen) atoms. The third kappa shape index (κ3) is 4.09. The number of aromatic hydroxyl groups is 2. The second-order valence-electron chi connectivity index (χ2n) is 7.95.